The quantitative estimate of drug-likeness (QED) is 0.637. The van der Waals surface area contributed by atoms with Crippen molar-refractivity contribution in [1.82, 2.24) is 4.57 Å². The summed E-state index contributed by atoms with van der Waals surface area (Å²) in [5.74, 6) is -1.56. The molecule has 1 heterocycles. The van der Waals surface area contributed by atoms with Gasteiger partial charge in [0, 0.05) is 19.2 Å². The van der Waals surface area contributed by atoms with E-state index in [1.165, 1.54) is 19.2 Å². The van der Waals surface area contributed by atoms with Crippen LogP contribution in [0.4, 0.5) is 0 Å². The molecular formula is C8H11NO5. The van der Waals surface area contributed by atoms with Crippen molar-refractivity contribution in [2.75, 3.05) is 7.11 Å². The molecule has 0 spiro atoms. The van der Waals surface area contributed by atoms with Gasteiger partial charge in [-0.15, -0.1) is 0 Å². The van der Waals surface area contributed by atoms with Crippen molar-refractivity contribution >= 4 is 5.97 Å². The number of carboxylic acid groups (broad SMARTS) is 1. The predicted molar refractivity (Wildman–Crippen MR) is 46.2 cm³/mol. The van der Waals surface area contributed by atoms with E-state index >= 15 is 0 Å². The molecule has 1 aromatic rings. The van der Waals surface area contributed by atoms with Crippen LogP contribution in [0.3, 0.4) is 0 Å². The highest BCUT2D eigenvalue weighted by Gasteiger charge is 2.19. The number of carbonyl (C=O) groups is 1. The molecule has 0 aliphatic carbocycles. The number of aromatic nitrogens is 1. The Kier molecular flexibility index (Phi) is 2.98. The molecule has 1 rings (SSSR count). The van der Waals surface area contributed by atoms with Gasteiger partial charge in [0.1, 0.15) is 0 Å². The lowest BCUT2D eigenvalue weighted by atomic mass is 10.3. The van der Waals surface area contributed by atoms with E-state index in [-0.39, 0.29) is 18.3 Å². The molecule has 0 aliphatic heterocycles. The molecule has 0 radical (unpaired) electrons. The second kappa shape index (κ2) is 4.01. The number of hydrogen-bond donors (Lipinski definition) is 3. The maximum Gasteiger partial charge on any atom is 0.334 e. The maximum atomic E-state index is 10.6. The molecule has 0 amide bonds. The number of aliphatic carboxylic acids is 1. The van der Waals surface area contributed by atoms with E-state index in [4.69, 9.17) is 5.11 Å². The molecule has 3 N–H and O–H groups in total. The Labute approximate surface area is 80.0 Å². The first-order valence-corrected chi connectivity index (χ1v) is 3.89. The minimum Gasteiger partial charge on any atom is -0.494 e. The monoisotopic (exact) mass is 201 g/mol. The van der Waals surface area contributed by atoms with Gasteiger partial charge in [0.15, 0.2) is 17.9 Å². The second-order valence-electron chi connectivity index (χ2n) is 2.72. The Morgan fingerprint density at radius 1 is 1.50 bits per heavy atom. The number of hydrogen-bond acceptors (Lipinski definition) is 4. The van der Waals surface area contributed by atoms with E-state index < -0.39 is 12.1 Å². The Morgan fingerprint density at radius 3 is 2.36 bits per heavy atom. The van der Waals surface area contributed by atoms with Crippen molar-refractivity contribution in [3.05, 3.63) is 12.1 Å². The Balaban J connectivity index is 2.81. The summed E-state index contributed by atoms with van der Waals surface area (Å²) in [7, 11) is 1.25. The molecule has 1 atom stereocenters. The largest absolute Gasteiger partial charge is 0.494 e. The number of aromatic hydroxyl groups is 2. The third-order valence-electron chi connectivity index (χ3n) is 1.84. The molecule has 1 unspecified atom stereocenters. The second-order valence-corrected chi connectivity index (χ2v) is 2.72. The molecule has 0 aliphatic rings. The van der Waals surface area contributed by atoms with Crippen molar-refractivity contribution in [2.24, 2.45) is 0 Å². The van der Waals surface area contributed by atoms with Crippen LogP contribution in [0.1, 0.15) is 0 Å². The molecule has 0 saturated heterocycles. The van der Waals surface area contributed by atoms with Crippen LogP contribution in [0.15, 0.2) is 12.1 Å². The third-order valence-corrected chi connectivity index (χ3v) is 1.84. The zero-order valence-corrected chi connectivity index (χ0v) is 7.54. The fourth-order valence-electron chi connectivity index (χ4n) is 1.05. The first kappa shape index (κ1) is 10.4. The van der Waals surface area contributed by atoms with Crippen molar-refractivity contribution in [2.45, 2.75) is 12.6 Å². The van der Waals surface area contributed by atoms with Gasteiger partial charge < -0.3 is 20.1 Å². The van der Waals surface area contributed by atoms with Gasteiger partial charge in [-0.25, -0.2) is 4.79 Å². The van der Waals surface area contributed by atoms with Gasteiger partial charge in [0.05, 0.1) is 6.54 Å². The molecule has 6 nitrogen and oxygen atoms in total. The van der Waals surface area contributed by atoms with Crippen LogP contribution in [-0.2, 0) is 16.1 Å². The van der Waals surface area contributed by atoms with Gasteiger partial charge in [-0.2, -0.15) is 0 Å². The molecular weight excluding hydrogens is 190 g/mol. The summed E-state index contributed by atoms with van der Waals surface area (Å²) >= 11 is 0. The fourth-order valence-corrected chi connectivity index (χ4v) is 1.05. The normalized spacial score (nSPS) is 12.6. The predicted octanol–water partition coefficient (Wildman–Crippen LogP) is -0.00110. The molecule has 0 saturated carbocycles. The minimum atomic E-state index is -1.15. The molecule has 6 heteroatoms. The van der Waals surface area contributed by atoms with Gasteiger partial charge >= 0.3 is 5.97 Å². The van der Waals surface area contributed by atoms with Crippen LogP contribution < -0.4 is 0 Å². The number of nitrogens with zero attached hydrogens (tertiary/aromatic N) is 1. The van der Waals surface area contributed by atoms with Crippen molar-refractivity contribution < 1.29 is 24.9 Å². The SMILES string of the molecule is COC(Cn1c(O)ccc1O)C(=O)O. The highest BCUT2D eigenvalue weighted by Crippen LogP contribution is 2.21. The summed E-state index contributed by atoms with van der Waals surface area (Å²) in [6.07, 6.45) is -1.10. The summed E-state index contributed by atoms with van der Waals surface area (Å²) in [6, 6.07) is 2.54. The highest BCUT2D eigenvalue weighted by molar-refractivity contribution is 5.72. The van der Waals surface area contributed by atoms with Crippen molar-refractivity contribution in [3.8, 4) is 11.8 Å². The fraction of sp³-hybridized carbons (Fsp3) is 0.375. The Morgan fingerprint density at radius 2 is 2.00 bits per heavy atom. The van der Waals surface area contributed by atoms with Gasteiger partial charge in [0.2, 0.25) is 0 Å². The number of carboxylic acids is 1. The number of ether oxygens (including phenoxy) is 1. The molecule has 14 heavy (non-hydrogen) atoms. The summed E-state index contributed by atoms with van der Waals surface area (Å²) in [5.41, 5.74) is 0. The number of rotatable bonds is 4. The molecule has 0 fully saturated rings. The Hall–Kier alpha value is -1.69. The zero-order chi connectivity index (χ0) is 10.7. The van der Waals surface area contributed by atoms with Gasteiger partial charge in [-0.05, 0) is 0 Å². The Bertz CT molecular complexity index is 313. The lowest BCUT2D eigenvalue weighted by Gasteiger charge is -2.12. The van der Waals surface area contributed by atoms with Crippen LogP contribution >= 0.6 is 0 Å². The van der Waals surface area contributed by atoms with Crippen LogP contribution in [0.25, 0.3) is 0 Å². The number of methoxy groups -OCH3 is 1. The summed E-state index contributed by atoms with van der Waals surface area (Å²) < 4.78 is 5.70. The third kappa shape index (κ3) is 1.97. The van der Waals surface area contributed by atoms with E-state index in [9.17, 15) is 15.0 Å². The van der Waals surface area contributed by atoms with Crippen molar-refractivity contribution in [3.63, 3.8) is 0 Å². The summed E-state index contributed by atoms with van der Waals surface area (Å²) in [6.45, 7) is -0.142. The van der Waals surface area contributed by atoms with Crippen molar-refractivity contribution in [1.29, 1.82) is 0 Å². The average molecular weight is 201 g/mol. The van der Waals surface area contributed by atoms with Crippen LogP contribution in [-0.4, -0.2) is 39.1 Å². The van der Waals surface area contributed by atoms with E-state index in [0.29, 0.717) is 0 Å². The van der Waals surface area contributed by atoms with Crippen LogP contribution in [0, 0.1) is 0 Å². The van der Waals surface area contributed by atoms with E-state index in [0.717, 1.165) is 4.57 Å². The first-order valence-electron chi connectivity index (χ1n) is 3.89. The smallest absolute Gasteiger partial charge is 0.334 e. The molecule has 0 aromatic carbocycles. The molecule has 1 aromatic heterocycles. The topological polar surface area (TPSA) is 91.9 Å². The minimum absolute atomic E-state index is 0.142. The standard InChI is InChI=1S/C8H11NO5/c1-14-5(8(12)13)4-9-6(10)2-3-7(9)11/h2-3,5,10-11H,4H2,1H3,(H,12,13). The van der Waals surface area contributed by atoms with Gasteiger partial charge in [-0.3, -0.25) is 4.57 Å². The van der Waals surface area contributed by atoms with E-state index in [2.05, 4.69) is 4.74 Å². The molecule has 78 valence electrons. The maximum absolute atomic E-state index is 10.6. The van der Waals surface area contributed by atoms with Crippen LogP contribution in [0.5, 0.6) is 11.8 Å². The highest BCUT2D eigenvalue weighted by atomic mass is 16.5. The first-order chi connectivity index (χ1) is 6.56. The van der Waals surface area contributed by atoms with E-state index in [1.54, 1.807) is 0 Å². The lowest BCUT2D eigenvalue weighted by molar-refractivity contribution is -0.149. The van der Waals surface area contributed by atoms with E-state index in [1.807, 2.05) is 0 Å². The summed E-state index contributed by atoms with van der Waals surface area (Å²) in [4.78, 5) is 10.6. The van der Waals surface area contributed by atoms with Gasteiger partial charge in [0.25, 0.3) is 0 Å². The lowest BCUT2D eigenvalue weighted by Crippen LogP contribution is -2.27. The van der Waals surface area contributed by atoms with Gasteiger partial charge in [-0.1, -0.05) is 0 Å². The summed E-state index contributed by atoms with van der Waals surface area (Å²) in [5, 5.41) is 27.1. The average Bonchev–Trinajstić information content (AvgIpc) is 2.43. The van der Waals surface area contributed by atoms with Crippen LogP contribution in [0.2, 0.25) is 0 Å². The molecule has 0 bridgehead atoms. The zero-order valence-electron chi connectivity index (χ0n) is 7.54.